The van der Waals surface area contributed by atoms with Crippen LogP contribution >= 0.6 is 0 Å². The zero-order valence-corrected chi connectivity index (χ0v) is 30.3. The van der Waals surface area contributed by atoms with E-state index in [0.717, 1.165) is 48.5 Å². The molecule has 0 aliphatic heterocycles. The Bertz CT molecular complexity index is 477. The summed E-state index contributed by atoms with van der Waals surface area (Å²) in [6.45, 7) is 13.1. The summed E-state index contributed by atoms with van der Waals surface area (Å²) in [5.41, 5.74) is 0. The Hall–Kier alpha value is -0.160. The first kappa shape index (κ1) is 41.8. The molecule has 0 aromatic rings. The summed E-state index contributed by atoms with van der Waals surface area (Å²) in [5, 5.41) is 0. The maximum Gasteiger partial charge on any atom is 0.102 e. The number of quaternary nitrogens is 2. The van der Waals surface area contributed by atoms with Crippen LogP contribution in [0.1, 0.15) is 168 Å². The fourth-order valence-corrected chi connectivity index (χ4v) is 5.87. The van der Waals surface area contributed by atoms with Gasteiger partial charge >= 0.3 is 0 Å². The predicted octanol–water partition coefficient (Wildman–Crippen LogP) is 10.6. The summed E-state index contributed by atoms with van der Waals surface area (Å²) >= 11 is 0. The van der Waals surface area contributed by atoms with Gasteiger partial charge in [0.1, 0.15) is 13.1 Å². The fraction of sp³-hybridized carbons (Fsp3) is 1.00. The molecular weight excluding hydrogens is 516 g/mol. The van der Waals surface area contributed by atoms with E-state index in [2.05, 4.69) is 42.0 Å². The van der Waals surface area contributed by atoms with Crippen molar-refractivity contribution in [3.63, 3.8) is 0 Å². The van der Waals surface area contributed by atoms with Gasteiger partial charge in [0, 0.05) is 13.2 Å². The van der Waals surface area contributed by atoms with E-state index in [-0.39, 0.29) is 0 Å². The van der Waals surface area contributed by atoms with Gasteiger partial charge in [-0.15, -0.1) is 0 Å². The molecule has 0 bridgehead atoms. The lowest BCUT2D eigenvalue weighted by atomic mass is 10.1. The topological polar surface area (TPSA) is 18.5 Å². The van der Waals surface area contributed by atoms with Crippen molar-refractivity contribution in [2.45, 2.75) is 168 Å². The monoisotopic (exact) mass is 599 g/mol. The third kappa shape index (κ3) is 32.7. The van der Waals surface area contributed by atoms with Crippen molar-refractivity contribution in [2.24, 2.45) is 0 Å². The van der Waals surface area contributed by atoms with E-state index in [1.165, 1.54) is 167 Å². The minimum atomic E-state index is 0.904. The molecule has 0 amide bonds. The molecule has 0 fully saturated rings. The van der Waals surface area contributed by atoms with Gasteiger partial charge in [0.25, 0.3) is 0 Å². The molecule has 0 radical (unpaired) electrons. The van der Waals surface area contributed by atoms with Crippen molar-refractivity contribution >= 4 is 0 Å². The summed E-state index contributed by atoms with van der Waals surface area (Å²) in [4.78, 5) is 0. The number of rotatable bonds is 35. The first-order valence-corrected chi connectivity index (χ1v) is 19.1. The molecule has 0 saturated heterocycles. The van der Waals surface area contributed by atoms with Gasteiger partial charge in [-0.2, -0.15) is 0 Å². The molecule has 0 spiro atoms. The maximum absolute atomic E-state index is 5.98. The number of ether oxygens (including phenoxy) is 2. The van der Waals surface area contributed by atoms with E-state index in [4.69, 9.17) is 9.47 Å². The van der Waals surface area contributed by atoms with Gasteiger partial charge in [0.15, 0.2) is 0 Å². The molecule has 0 unspecified atom stereocenters. The summed E-state index contributed by atoms with van der Waals surface area (Å²) < 4.78 is 14.2. The van der Waals surface area contributed by atoms with Crippen molar-refractivity contribution < 1.29 is 18.4 Å². The van der Waals surface area contributed by atoms with E-state index < -0.39 is 0 Å². The Kier molecular flexibility index (Phi) is 30.7. The molecule has 4 heteroatoms. The SMILES string of the molecule is CCCCCCCCCCCC[N+](C)(C)CCOCCCCCCOCC[N+](C)(C)CCCCCCCCCCCC. The van der Waals surface area contributed by atoms with Crippen LogP contribution in [0, 0.1) is 0 Å². The normalized spacial score (nSPS) is 12.4. The van der Waals surface area contributed by atoms with Crippen LogP contribution in [0.25, 0.3) is 0 Å². The highest BCUT2D eigenvalue weighted by atomic mass is 16.5. The zero-order chi connectivity index (χ0) is 31.0. The second-order valence-electron chi connectivity index (χ2n) is 14.8. The van der Waals surface area contributed by atoms with Gasteiger partial charge in [-0.3, -0.25) is 0 Å². The molecule has 0 atom stereocenters. The Labute approximate surface area is 266 Å². The minimum absolute atomic E-state index is 0.904. The lowest BCUT2D eigenvalue weighted by Crippen LogP contribution is -2.43. The van der Waals surface area contributed by atoms with E-state index in [9.17, 15) is 0 Å². The molecule has 0 aliphatic carbocycles. The third-order valence-electron chi connectivity index (χ3n) is 9.24. The highest BCUT2D eigenvalue weighted by molar-refractivity contribution is 4.50. The van der Waals surface area contributed by atoms with Gasteiger partial charge in [0.05, 0.1) is 54.5 Å². The van der Waals surface area contributed by atoms with Gasteiger partial charge in [-0.1, -0.05) is 129 Å². The molecule has 0 aromatic carbocycles. The fourth-order valence-electron chi connectivity index (χ4n) is 5.87. The minimum Gasteiger partial charge on any atom is -0.376 e. The largest absolute Gasteiger partial charge is 0.376 e. The first-order chi connectivity index (χ1) is 20.3. The summed E-state index contributed by atoms with van der Waals surface area (Å²) in [5.74, 6) is 0. The van der Waals surface area contributed by atoms with Crippen LogP contribution in [0.2, 0.25) is 0 Å². The standard InChI is InChI=1S/C38H82N2O2/c1-7-9-11-13-15-17-19-21-23-27-31-39(3,4)33-37-41-35-29-25-26-30-36-42-38-34-40(5,6)32-28-24-22-20-18-16-14-12-10-8-2/h7-38H2,1-6H3/q+2. The molecule has 254 valence electrons. The summed E-state index contributed by atoms with van der Waals surface area (Å²) in [6.07, 6.45) is 33.3. The van der Waals surface area contributed by atoms with Crippen LogP contribution in [-0.2, 0) is 9.47 Å². The number of hydrogen-bond donors (Lipinski definition) is 0. The van der Waals surface area contributed by atoms with Crippen LogP contribution in [0.3, 0.4) is 0 Å². The highest BCUT2D eigenvalue weighted by Crippen LogP contribution is 2.13. The number of likely N-dealkylation sites (N-methyl/N-ethyl adjacent to an activating group) is 2. The molecule has 0 saturated carbocycles. The van der Waals surface area contributed by atoms with Crippen LogP contribution in [0.4, 0.5) is 0 Å². The molecule has 0 N–H and O–H groups in total. The molecule has 42 heavy (non-hydrogen) atoms. The van der Waals surface area contributed by atoms with Gasteiger partial charge in [-0.25, -0.2) is 0 Å². The average molecular weight is 599 g/mol. The molecule has 4 nitrogen and oxygen atoms in total. The van der Waals surface area contributed by atoms with Crippen molar-refractivity contribution in [2.75, 3.05) is 80.8 Å². The lowest BCUT2D eigenvalue weighted by molar-refractivity contribution is -0.891. The Balaban J connectivity index is 3.42. The van der Waals surface area contributed by atoms with Gasteiger partial charge in [0.2, 0.25) is 0 Å². The molecular formula is C38H82N2O2+2. The van der Waals surface area contributed by atoms with Crippen LogP contribution in [0.5, 0.6) is 0 Å². The summed E-state index contributed by atoms with van der Waals surface area (Å²) in [7, 11) is 9.48. The Morgan fingerprint density at radius 2 is 0.548 bits per heavy atom. The Morgan fingerprint density at radius 1 is 0.286 bits per heavy atom. The van der Waals surface area contributed by atoms with E-state index >= 15 is 0 Å². The van der Waals surface area contributed by atoms with Crippen molar-refractivity contribution in [3.05, 3.63) is 0 Å². The molecule has 0 heterocycles. The predicted molar refractivity (Wildman–Crippen MR) is 187 cm³/mol. The first-order valence-electron chi connectivity index (χ1n) is 19.1. The third-order valence-corrected chi connectivity index (χ3v) is 9.24. The van der Waals surface area contributed by atoms with E-state index in [0.29, 0.717) is 0 Å². The quantitative estimate of drug-likeness (QED) is 0.0534. The van der Waals surface area contributed by atoms with Crippen molar-refractivity contribution in [3.8, 4) is 0 Å². The summed E-state index contributed by atoms with van der Waals surface area (Å²) in [6, 6.07) is 0. The van der Waals surface area contributed by atoms with Gasteiger partial charge < -0.3 is 18.4 Å². The molecule has 0 aromatic heterocycles. The van der Waals surface area contributed by atoms with E-state index in [1.54, 1.807) is 0 Å². The van der Waals surface area contributed by atoms with E-state index in [1.807, 2.05) is 0 Å². The number of nitrogens with zero attached hydrogens (tertiary/aromatic N) is 2. The maximum atomic E-state index is 5.98. The second-order valence-corrected chi connectivity index (χ2v) is 14.8. The van der Waals surface area contributed by atoms with Crippen LogP contribution in [0.15, 0.2) is 0 Å². The smallest absolute Gasteiger partial charge is 0.102 e. The highest BCUT2D eigenvalue weighted by Gasteiger charge is 2.15. The molecule has 0 aliphatic rings. The van der Waals surface area contributed by atoms with Crippen molar-refractivity contribution in [1.29, 1.82) is 0 Å². The van der Waals surface area contributed by atoms with Crippen LogP contribution < -0.4 is 0 Å². The zero-order valence-electron chi connectivity index (χ0n) is 30.3. The number of hydrogen-bond acceptors (Lipinski definition) is 2. The Morgan fingerprint density at radius 3 is 0.857 bits per heavy atom. The number of unbranched alkanes of at least 4 members (excludes halogenated alkanes) is 21. The average Bonchev–Trinajstić information content (AvgIpc) is 2.95. The molecule has 0 rings (SSSR count). The van der Waals surface area contributed by atoms with Crippen molar-refractivity contribution in [1.82, 2.24) is 0 Å². The van der Waals surface area contributed by atoms with Crippen LogP contribution in [-0.4, -0.2) is 89.8 Å². The van der Waals surface area contributed by atoms with Gasteiger partial charge in [-0.05, 0) is 38.5 Å². The lowest BCUT2D eigenvalue weighted by Gasteiger charge is -2.29. The second kappa shape index (κ2) is 30.8.